The number of likely N-dealkylation sites (tertiary alicyclic amines) is 1. The minimum absolute atomic E-state index is 0.00810. The number of nitrogens with one attached hydrogen (secondary N) is 1. The Bertz CT molecular complexity index is 640. The summed E-state index contributed by atoms with van der Waals surface area (Å²) in [6.07, 6.45) is 1.44. The van der Waals surface area contributed by atoms with Gasteiger partial charge in [-0.05, 0) is 18.8 Å². The molecule has 0 aliphatic carbocycles. The first-order chi connectivity index (χ1) is 10.2. The van der Waals surface area contributed by atoms with Crippen LogP contribution < -0.4 is 4.72 Å². The van der Waals surface area contributed by atoms with Crippen molar-refractivity contribution in [3.8, 4) is 0 Å². The summed E-state index contributed by atoms with van der Waals surface area (Å²) in [6.45, 7) is 7.04. The number of hydrogen-bond acceptors (Lipinski definition) is 5. The fourth-order valence-corrected chi connectivity index (χ4v) is 4.28. The third-order valence-electron chi connectivity index (χ3n) is 3.94. The molecule has 0 radical (unpaired) electrons. The van der Waals surface area contributed by atoms with Crippen LogP contribution in [0.2, 0.25) is 0 Å². The monoisotopic (exact) mass is 345 g/mol. The summed E-state index contributed by atoms with van der Waals surface area (Å²) in [5, 5.41) is 2.84. The maximum Gasteiger partial charge on any atom is 0.228 e. The van der Waals surface area contributed by atoms with Gasteiger partial charge in [-0.25, -0.2) is 18.1 Å². The first-order valence-electron chi connectivity index (χ1n) is 7.32. The summed E-state index contributed by atoms with van der Waals surface area (Å²) >= 11 is 1.53. The second-order valence-corrected chi connectivity index (χ2v) is 9.08. The van der Waals surface area contributed by atoms with Gasteiger partial charge >= 0.3 is 0 Å². The van der Waals surface area contributed by atoms with Crippen molar-refractivity contribution in [1.29, 1.82) is 0 Å². The van der Waals surface area contributed by atoms with Gasteiger partial charge in [-0.3, -0.25) is 4.79 Å². The Hall–Kier alpha value is -0.990. The number of aromatic nitrogens is 1. The Morgan fingerprint density at radius 2 is 2.18 bits per heavy atom. The Morgan fingerprint density at radius 3 is 2.68 bits per heavy atom. The van der Waals surface area contributed by atoms with Crippen molar-refractivity contribution in [2.75, 3.05) is 19.3 Å². The van der Waals surface area contributed by atoms with Crippen LogP contribution in [0, 0.1) is 18.8 Å². The number of amides is 1. The summed E-state index contributed by atoms with van der Waals surface area (Å²) in [5.74, 6) is 0.447. The van der Waals surface area contributed by atoms with Crippen LogP contribution in [-0.2, 0) is 21.2 Å². The average molecular weight is 345 g/mol. The van der Waals surface area contributed by atoms with E-state index in [2.05, 4.69) is 23.6 Å². The lowest BCUT2D eigenvalue weighted by Gasteiger charge is -2.21. The summed E-state index contributed by atoms with van der Waals surface area (Å²) in [6, 6.07) is -0.212. The number of carbonyl (C=O) groups excluding carboxylic acids is 1. The standard InChI is InChI=1S/C14H23N3O3S2/c1-9(2)12-6-17(7-13(12)16-22(4,19)20)14(18)5-11-8-21-10(3)15-11/h8-9,12-13,16H,5-7H2,1-4H3/t12-,13+/m1/s1. The van der Waals surface area contributed by atoms with Crippen LogP contribution in [0.3, 0.4) is 0 Å². The number of rotatable bonds is 5. The second kappa shape index (κ2) is 6.64. The van der Waals surface area contributed by atoms with Crippen molar-refractivity contribution >= 4 is 27.3 Å². The summed E-state index contributed by atoms with van der Waals surface area (Å²) in [5.41, 5.74) is 0.785. The van der Waals surface area contributed by atoms with Crippen molar-refractivity contribution < 1.29 is 13.2 Å². The van der Waals surface area contributed by atoms with E-state index < -0.39 is 10.0 Å². The fourth-order valence-electron chi connectivity index (χ4n) is 2.86. The Morgan fingerprint density at radius 1 is 1.50 bits per heavy atom. The first-order valence-corrected chi connectivity index (χ1v) is 10.1. The summed E-state index contributed by atoms with van der Waals surface area (Å²) in [7, 11) is -3.28. The minimum Gasteiger partial charge on any atom is -0.340 e. The maximum absolute atomic E-state index is 12.4. The molecule has 0 aromatic carbocycles. The van der Waals surface area contributed by atoms with Crippen LogP contribution in [0.1, 0.15) is 24.5 Å². The third kappa shape index (κ3) is 4.50. The van der Waals surface area contributed by atoms with Crippen molar-refractivity contribution in [2.24, 2.45) is 11.8 Å². The maximum atomic E-state index is 12.4. The van der Waals surface area contributed by atoms with E-state index in [0.717, 1.165) is 17.0 Å². The quantitative estimate of drug-likeness (QED) is 0.864. The molecule has 22 heavy (non-hydrogen) atoms. The van der Waals surface area contributed by atoms with Gasteiger partial charge in [0.15, 0.2) is 0 Å². The van der Waals surface area contributed by atoms with Crippen molar-refractivity contribution in [1.82, 2.24) is 14.6 Å². The zero-order valence-electron chi connectivity index (χ0n) is 13.4. The van der Waals surface area contributed by atoms with E-state index in [1.54, 1.807) is 4.90 Å². The molecule has 0 spiro atoms. The molecule has 8 heteroatoms. The average Bonchev–Trinajstić information content (AvgIpc) is 2.94. The van der Waals surface area contributed by atoms with Crippen LogP contribution in [0.5, 0.6) is 0 Å². The topological polar surface area (TPSA) is 79.4 Å². The molecular formula is C14H23N3O3S2. The highest BCUT2D eigenvalue weighted by Gasteiger charge is 2.38. The molecule has 2 atom stereocenters. The molecule has 0 unspecified atom stereocenters. The van der Waals surface area contributed by atoms with E-state index in [1.165, 1.54) is 11.3 Å². The van der Waals surface area contributed by atoms with Gasteiger partial charge in [-0.2, -0.15) is 0 Å². The van der Waals surface area contributed by atoms with Gasteiger partial charge in [0.2, 0.25) is 15.9 Å². The molecule has 6 nitrogen and oxygen atoms in total. The Balaban J connectivity index is 2.04. The van der Waals surface area contributed by atoms with Crippen LogP contribution in [0.4, 0.5) is 0 Å². The zero-order valence-corrected chi connectivity index (χ0v) is 15.0. The molecule has 1 aliphatic rings. The summed E-state index contributed by atoms with van der Waals surface area (Å²) < 4.78 is 25.7. The SMILES string of the molecule is Cc1nc(CC(=O)N2C[C@H](NS(C)(=O)=O)[C@@H](C(C)C)C2)cs1. The van der Waals surface area contributed by atoms with Gasteiger partial charge in [0.05, 0.1) is 23.4 Å². The molecule has 1 amide bonds. The lowest BCUT2D eigenvalue weighted by Crippen LogP contribution is -2.41. The lowest BCUT2D eigenvalue weighted by molar-refractivity contribution is -0.129. The van der Waals surface area contributed by atoms with Crippen molar-refractivity contribution in [2.45, 2.75) is 33.2 Å². The summed E-state index contributed by atoms with van der Waals surface area (Å²) in [4.78, 5) is 18.5. The van der Waals surface area contributed by atoms with Gasteiger partial charge in [-0.15, -0.1) is 11.3 Å². The zero-order chi connectivity index (χ0) is 16.5. The van der Waals surface area contributed by atoms with Gasteiger partial charge < -0.3 is 4.90 Å². The molecule has 1 fully saturated rings. The van der Waals surface area contributed by atoms with E-state index >= 15 is 0 Å². The molecule has 1 aromatic heterocycles. The van der Waals surface area contributed by atoms with E-state index in [1.807, 2.05) is 12.3 Å². The number of hydrogen-bond donors (Lipinski definition) is 1. The van der Waals surface area contributed by atoms with Crippen molar-refractivity contribution in [3.63, 3.8) is 0 Å². The fraction of sp³-hybridized carbons (Fsp3) is 0.714. The molecule has 1 aromatic rings. The Kier molecular flexibility index (Phi) is 5.24. The molecule has 0 saturated carbocycles. The highest BCUT2D eigenvalue weighted by atomic mass is 32.2. The van der Waals surface area contributed by atoms with Crippen LogP contribution in [-0.4, -0.2) is 49.6 Å². The largest absolute Gasteiger partial charge is 0.340 e. The second-order valence-electron chi connectivity index (χ2n) is 6.24. The van der Waals surface area contributed by atoms with Crippen molar-refractivity contribution in [3.05, 3.63) is 16.1 Å². The lowest BCUT2D eigenvalue weighted by atomic mass is 9.92. The van der Waals surface area contributed by atoms with Gasteiger partial charge in [0.25, 0.3) is 0 Å². The highest BCUT2D eigenvalue weighted by Crippen LogP contribution is 2.25. The third-order valence-corrected chi connectivity index (χ3v) is 5.49. The number of carbonyl (C=O) groups is 1. The number of sulfonamides is 1. The van der Waals surface area contributed by atoms with E-state index in [4.69, 9.17) is 0 Å². The molecule has 1 aliphatic heterocycles. The van der Waals surface area contributed by atoms with Gasteiger partial charge in [0, 0.05) is 24.5 Å². The van der Waals surface area contributed by atoms with Crippen LogP contribution in [0.15, 0.2) is 5.38 Å². The first kappa shape index (κ1) is 17.4. The van der Waals surface area contributed by atoms with E-state index in [-0.39, 0.29) is 24.3 Å². The molecule has 2 rings (SSSR count). The molecular weight excluding hydrogens is 322 g/mol. The smallest absolute Gasteiger partial charge is 0.228 e. The highest BCUT2D eigenvalue weighted by molar-refractivity contribution is 7.88. The predicted octanol–water partition coefficient (Wildman–Crippen LogP) is 1.03. The Labute approximate surface area is 136 Å². The normalized spacial score (nSPS) is 22.5. The van der Waals surface area contributed by atoms with E-state index in [0.29, 0.717) is 19.0 Å². The van der Waals surface area contributed by atoms with Crippen LogP contribution in [0.25, 0.3) is 0 Å². The number of thiazole rings is 1. The number of aryl methyl sites for hydroxylation is 1. The van der Waals surface area contributed by atoms with Gasteiger partial charge in [-0.1, -0.05) is 13.8 Å². The number of nitrogens with zero attached hydrogens (tertiary/aromatic N) is 2. The molecule has 124 valence electrons. The molecule has 1 N–H and O–H groups in total. The van der Waals surface area contributed by atoms with E-state index in [9.17, 15) is 13.2 Å². The van der Waals surface area contributed by atoms with Crippen LogP contribution >= 0.6 is 11.3 Å². The van der Waals surface area contributed by atoms with Gasteiger partial charge in [0.1, 0.15) is 0 Å². The minimum atomic E-state index is -3.28. The molecule has 1 saturated heterocycles. The predicted molar refractivity (Wildman–Crippen MR) is 87.2 cm³/mol. The molecule has 0 bridgehead atoms. The molecule has 2 heterocycles.